The number of nitrogens with one attached hydrogen (secondary N) is 1. The molecule has 1 saturated carbocycles. The Morgan fingerprint density at radius 2 is 1.97 bits per heavy atom. The third-order valence-electron chi connectivity index (χ3n) is 6.11. The lowest BCUT2D eigenvalue weighted by atomic mass is 10.0. The third kappa shape index (κ3) is 3.67. The van der Waals surface area contributed by atoms with Crippen molar-refractivity contribution in [1.29, 1.82) is 0 Å². The number of pyridine rings is 1. The number of rotatable bonds is 5. The van der Waals surface area contributed by atoms with Gasteiger partial charge in [0, 0.05) is 29.9 Å². The number of hydrogen-bond donors (Lipinski definition) is 1. The van der Waals surface area contributed by atoms with Gasteiger partial charge in [-0.25, -0.2) is 0 Å². The fourth-order valence-corrected chi connectivity index (χ4v) is 5.08. The zero-order valence-corrected chi connectivity index (χ0v) is 17.6. The van der Waals surface area contributed by atoms with E-state index in [0.717, 1.165) is 29.4 Å². The van der Waals surface area contributed by atoms with Crippen molar-refractivity contribution in [3.63, 3.8) is 0 Å². The number of nitro benzene ring substituents is 1. The van der Waals surface area contributed by atoms with Gasteiger partial charge in [0.25, 0.3) is 5.69 Å². The molecule has 1 aliphatic heterocycles. The molecular formula is C23H22N4O3S. The molecule has 0 radical (unpaired) electrons. The fraction of sp³-hybridized carbons (Fsp3) is 0.304. The molecule has 2 aliphatic rings. The molecule has 3 aromatic rings. The first-order valence-electron chi connectivity index (χ1n) is 10.5. The summed E-state index contributed by atoms with van der Waals surface area (Å²) in [5.74, 6) is 1.37. The van der Waals surface area contributed by atoms with Crippen LogP contribution in [-0.2, 0) is 0 Å². The van der Waals surface area contributed by atoms with Crippen LogP contribution in [0, 0.1) is 10.1 Å². The summed E-state index contributed by atoms with van der Waals surface area (Å²) in [5, 5.41) is 15.4. The highest BCUT2D eigenvalue weighted by atomic mass is 32.1. The van der Waals surface area contributed by atoms with Crippen molar-refractivity contribution in [2.24, 2.45) is 0 Å². The van der Waals surface area contributed by atoms with Crippen LogP contribution in [0.25, 0.3) is 11.3 Å². The highest BCUT2D eigenvalue weighted by Gasteiger charge is 2.45. The zero-order chi connectivity index (χ0) is 21.4. The van der Waals surface area contributed by atoms with Gasteiger partial charge in [-0.2, -0.15) is 0 Å². The SMILES string of the molecule is O=[N+]([O-])c1cccc(-c2ccc([C@H]3[C@H](c4ccccn4)NC(=S)N3C3CCCC3)o2)c1. The summed E-state index contributed by atoms with van der Waals surface area (Å²) in [6.45, 7) is 0. The molecule has 1 aromatic carbocycles. The number of aromatic nitrogens is 1. The molecule has 7 nitrogen and oxygen atoms in total. The number of non-ortho nitro benzene ring substituents is 1. The van der Waals surface area contributed by atoms with Crippen LogP contribution >= 0.6 is 12.2 Å². The van der Waals surface area contributed by atoms with Gasteiger partial charge in [-0.15, -0.1) is 0 Å². The van der Waals surface area contributed by atoms with Crippen molar-refractivity contribution < 1.29 is 9.34 Å². The van der Waals surface area contributed by atoms with Crippen molar-refractivity contribution in [3.05, 3.63) is 82.4 Å². The molecule has 1 aliphatic carbocycles. The molecule has 0 bridgehead atoms. The summed E-state index contributed by atoms with van der Waals surface area (Å²) in [7, 11) is 0. The molecular weight excluding hydrogens is 412 g/mol. The van der Waals surface area contributed by atoms with E-state index < -0.39 is 4.92 Å². The maximum absolute atomic E-state index is 11.2. The van der Waals surface area contributed by atoms with Crippen LogP contribution in [0.2, 0.25) is 0 Å². The summed E-state index contributed by atoms with van der Waals surface area (Å²) in [4.78, 5) is 17.6. The Morgan fingerprint density at radius 1 is 1.13 bits per heavy atom. The van der Waals surface area contributed by atoms with Gasteiger partial charge in [0.2, 0.25) is 0 Å². The molecule has 3 heterocycles. The van der Waals surface area contributed by atoms with Gasteiger partial charge in [-0.05, 0) is 49.3 Å². The summed E-state index contributed by atoms with van der Waals surface area (Å²) < 4.78 is 6.29. The minimum atomic E-state index is -0.397. The number of thiocarbonyl (C=S) groups is 1. The van der Waals surface area contributed by atoms with Crippen LogP contribution in [0.1, 0.15) is 49.2 Å². The number of furan rings is 1. The molecule has 2 fully saturated rings. The van der Waals surface area contributed by atoms with Gasteiger partial charge in [-0.1, -0.05) is 31.0 Å². The van der Waals surface area contributed by atoms with Crippen LogP contribution in [0.3, 0.4) is 0 Å². The summed E-state index contributed by atoms with van der Waals surface area (Å²) in [5.41, 5.74) is 1.62. The second-order valence-electron chi connectivity index (χ2n) is 7.98. The van der Waals surface area contributed by atoms with E-state index >= 15 is 0 Å². The van der Waals surface area contributed by atoms with Crippen molar-refractivity contribution in [1.82, 2.24) is 15.2 Å². The molecule has 5 rings (SSSR count). The second-order valence-corrected chi connectivity index (χ2v) is 8.37. The molecule has 2 aromatic heterocycles. The molecule has 0 unspecified atom stereocenters. The smallest absolute Gasteiger partial charge is 0.270 e. The van der Waals surface area contributed by atoms with Crippen LogP contribution in [-0.4, -0.2) is 26.0 Å². The van der Waals surface area contributed by atoms with Gasteiger partial charge < -0.3 is 14.6 Å². The van der Waals surface area contributed by atoms with Crippen molar-refractivity contribution in [2.75, 3.05) is 0 Å². The first-order chi connectivity index (χ1) is 15.1. The third-order valence-corrected chi connectivity index (χ3v) is 6.44. The maximum Gasteiger partial charge on any atom is 0.270 e. The Labute approximate surface area is 185 Å². The van der Waals surface area contributed by atoms with E-state index in [-0.39, 0.29) is 17.8 Å². The van der Waals surface area contributed by atoms with E-state index in [4.69, 9.17) is 16.6 Å². The van der Waals surface area contributed by atoms with E-state index in [2.05, 4.69) is 15.2 Å². The Morgan fingerprint density at radius 3 is 2.71 bits per heavy atom. The molecule has 0 spiro atoms. The van der Waals surface area contributed by atoms with Gasteiger partial charge in [-0.3, -0.25) is 15.1 Å². The number of nitrogens with zero attached hydrogens (tertiary/aromatic N) is 3. The average Bonchev–Trinajstić information content (AvgIpc) is 3.54. The normalized spacial score (nSPS) is 21.4. The predicted molar refractivity (Wildman–Crippen MR) is 120 cm³/mol. The summed E-state index contributed by atoms with van der Waals surface area (Å²) in [6, 6.07) is 16.3. The minimum absolute atomic E-state index is 0.0399. The predicted octanol–water partition coefficient (Wildman–Crippen LogP) is 5.16. The number of hydrogen-bond acceptors (Lipinski definition) is 5. The van der Waals surface area contributed by atoms with E-state index in [0.29, 0.717) is 17.4 Å². The molecule has 1 N–H and O–H groups in total. The standard InChI is InChI=1S/C23H22N4O3S/c28-27(29)17-9-5-6-15(14-17)19-11-12-20(30-19)22-21(18-10-3-4-13-24-18)25-23(31)26(22)16-7-1-2-8-16/h3-6,9-14,16,21-22H,1-2,7-8H2,(H,25,31)/t21-,22-/m0/s1. The number of nitro groups is 1. The Hall–Kier alpha value is -3.26. The van der Waals surface area contributed by atoms with Crippen LogP contribution < -0.4 is 5.32 Å². The lowest BCUT2D eigenvalue weighted by Gasteiger charge is -2.31. The molecule has 158 valence electrons. The van der Waals surface area contributed by atoms with Gasteiger partial charge in [0.15, 0.2) is 5.11 Å². The molecule has 0 amide bonds. The monoisotopic (exact) mass is 434 g/mol. The van der Waals surface area contributed by atoms with Crippen molar-refractivity contribution >= 4 is 23.0 Å². The molecule has 2 atom stereocenters. The van der Waals surface area contributed by atoms with E-state index in [9.17, 15) is 10.1 Å². The van der Waals surface area contributed by atoms with E-state index in [1.54, 1.807) is 12.3 Å². The maximum atomic E-state index is 11.2. The number of benzene rings is 1. The van der Waals surface area contributed by atoms with Gasteiger partial charge in [0.05, 0.1) is 16.7 Å². The first kappa shape index (κ1) is 19.7. The topological polar surface area (TPSA) is 84.4 Å². The van der Waals surface area contributed by atoms with Crippen molar-refractivity contribution in [3.8, 4) is 11.3 Å². The average molecular weight is 435 g/mol. The lowest BCUT2D eigenvalue weighted by molar-refractivity contribution is -0.384. The second kappa shape index (κ2) is 8.11. The fourth-order valence-electron chi connectivity index (χ4n) is 4.69. The van der Waals surface area contributed by atoms with Crippen LogP contribution in [0.4, 0.5) is 5.69 Å². The minimum Gasteiger partial charge on any atom is -0.459 e. The Bertz CT molecular complexity index is 1110. The van der Waals surface area contributed by atoms with E-state index in [1.165, 1.54) is 25.0 Å². The summed E-state index contributed by atoms with van der Waals surface area (Å²) >= 11 is 5.75. The van der Waals surface area contributed by atoms with Crippen LogP contribution in [0.5, 0.6) is 0 Å². The van der Waals surface area contributed by atoms with E-state index in [1.807, 2.05) is 36.4 Å². The lowest BCUT2D eigenvalue weighted by Crippen LogP contribution is -2.37. The first-order valence-corrected chi connectivity index (χ1v) is 10.9. The largest absolute Gasteiger partial charge is 0.459 e. The van der Waals surface area contributed by atoms with Gasteiger partial charge >= 0.3 is 0 Å². The van der Waals surface area contributed by atoms with Gasteiger partial charge in [0.1, 0.15) is 17.6 Å². The van der Waals surface area contributed by atoms with Crippen LogP contribution in [0.15, 0.2) is 65.2 Å². The highest BCUT2D eigenvalue weighted by Crippen LogP contribution is 2.44. The Balaban J connectivity index is 1.54. The van der Waals surface area contributed by atoms with Crippen molar-refractivity contribution in [2.45, 2.75) is 43.8 Å². The zero-order valence-electron chi connectivity index (χ0n) is 16.8. The quantitative estimate of drug-likeness (QED) is 0.337. The molecule has 8 heteroatoms. The molecule has 1 saturated heterocycles. The highest BCUT2D eigenvalue weighted by molar-refractivity contribution is 7.80. The summed E-state index contributed by atoms with van der Waals surface area (Å²) in [6.07, 6.45) is 6.38. The molecule has 31 heavy (non-hydrogen) atoms. The Kier molecular flexibility index (Phi) is 5.15.